The van der Waals surface area contributed by atoms with Gasteiger partial charge in [-0.05, 0) is 53.0 Å². The average molecular weight is 310 g/mol. The zero-order valence-corrected chi connectivity index (χ0v) is 12.0. The molecule has 3 nitrogen and oxygen atoms in total. The summed E-state index contributed by atoms with van der Waals surface area (Å²) < 4.78 is 14.5. The molecule has 1 aromatic carbocycles. The highest BCUT2D eigenvalue weighted by atomic mass is 79.9. The summed E-state index contributed by atoms with van der Waals surface area (Å²) in [7, 11) is 1.79. The van der Waals surface area contributed by atoms with Gasteiger partial charge in [0.25, 0.3) is 0 Å². The Labute approximate surface area is 114 Å². The van der Waals surface area contributed by atoms with Crippen LogP contribution < -0.4 is 5.32 Å². The summed E-state index contributed by atoms with van der Waals surface area (Å²) >= 11 is 3.18. The number of rotatable bonds is 2. The first-order valence-electron chi connectivity index (χ1n) is 5.52. The van der Waals surface area contributed by atoms with Gasteiger partial charge >= 0.3 is 0 Å². The minimum absolute atomic E-state index is 0.313. The summed E-state index contributed by atoms with van der Waals surface area (Å²) in [5.74, 6) is 0.401. The van der Waals surface area contributed by atoms with E-state index in [1.54, 1.807) is 25.2 Å². The van der Waals surface area contributed by atoms with Crippen molar-refractivity contribution in [2.75, 3.05) is 12.4 Å². The molecule has 0 saturated heterocycles. The molecule has 0 saturated carbocycles. The number of anilines is 1. The molecule has 0 amide bonds. The van der Waals surface area contributed by atoms with Crippen LogP contribution in [0.2, 0.25) is 0 Å². The zero-order chi connectivity index (χ0) is 13.3. The van der Waals surface area contributed by atoms with Gasteiger partial charge in [-0.1, -0.05) is 6.07 Å². The van der Waals surface area contributed by atoms with Crippen molar-refractivity contribution in [1.29, 1.82) is 0 Å². The van der Waals surface area contributed by atoms with Crippen molar-refractivity contribution >= 4 is 21.7 Å². The van der Waals surface area contributed by atoms with Gasteiger partial charge in [-0.2, -0.15) is 0 Å². The van der Waals surface area contributed by atoms with Gasteiger partial charge in [-0.3, -0.25) is 0 Å². The predicted molar refractivity (Wildman–Crippen MR) is 74.1 cm³/mol. The van der Waals surface area contributed by atoms with Crippen LogP contribution in [0, 0.1) is 19.7 Å². The first-order valence-corrected chi connectivity index (χ1v) is 6.31. The van der Waals surface area contributed by atoms with Crippen molar-refractivity contribution in [1.82, 2.24) is 10.2 Å². The molecule has 0 radical (unpaired) electrons. The van der Waals surface area contributed by atoms with Crippen molar-refractivity contribution in [3.8, 4) is 11.3 Å². The van der Waals surface area contributed by atoms with Crippen LogP contribution >= 0.6 is 15.9 Å². The summed E-state index contributed by atoms with van der Waals surface area (Å²) in [4.78, 5) is 0. The molecule has 0 aliphatic heterocycles. The minimum atomic E-state index is -0.313. The van der Waals surface area contributed by atoms with Gasteiger partial charge in [-0.15, -0.1) is 10.2 Å². The topological polar surface area (TPSA) is 37.8 Å². The van der Waals surface area contributed by atoms with Crippen LogP contribution in [0.1, 0.15) is 11.1 Å². The van der Waals surface area contributed by atoms with Gasteiger partial charge in [0.2, 0.25) is 0 Å². The number of nitrogens with zero attached hydrogens (tertiary/aromatic N) is 2. The predicted octanol–water partition coefficient (Wildman–Crippen LogP) is 3.70. The standard InChI is InChI=1S/C13H13BrFN3/c1-7-8(2)13(16-3)18-17-12(7)9-5-4-6-10(14)11(9)15/h4-6H,1-3H3,(H,16,18). The third kappa shape index (κ3) is 2.10. The largest absolute Gasteiger partial charge is 0.371 e. The van der Waals surface area contributed by atoms with E-state index in [0.717, 1.165) is 11.1 Å². The van der Waals surface area contributed by atoms with Crippen LogP contribution in [0.5, 0.6) is 0 Å². The van der Waals surface area contributed by atoms with Crippen molar-refractivity contribution in [2.24, 2.45) is 0 Å². The third-order valence-electron chi connectivity index (χ3n) is 2.97. The van der Waals surface area contributed by atoms with Crippen LogP contribution in [0.4, 0.5) is 10.2 Å². The highest BCUT2D eigenvalue weighted by molar-refractivity contribution is 9.10. The maximum absolute atomic E-state index is 14.1. The van der Waals surface area contributed by atoms with Crippen LogP contribution in [0.15, 0.2) is 22.7 Å². The Bertz CT molecular complexity index is 599. The van der Waals surface area contributed by atoms with Crippen LogP contribution in [-0.4, -0.2) is 17.2 Å². The lowest BCUT2D eigenvalue weighted by Crippen LogP contribution is -2.03. The maximum atomic E-state index is 14.1. The SMILES string of the molecule is CNc1nnc(-c2cccc(Br)c2F)c(C)c1C. The van der Waals surface area contributed by atoms with E-state index in [0.29, 0.717) is 21.5 Å². The summed E-state index contributed by atoms with van der Waals surface area (Å²) in [5.41, 5.74) is 2.93. The van der Waals surface area contributed by atoms with Crippen molar-refractivity contribution in [3.63, 3.8) is 0 Å². The first-order chi connectivity index (χ1) is 8.56. The molecular formula is C13H13BrFN3. The van der Waals surface area contributed by atoms with E-state index < -0.39 is 0 Å². The van der Waals surface area contributed by atoms with Gasteiger partial charge in [0.15, 0.2) is 5.82 Å². The second-order valence-corrected chi connectivity index (χ2v) is 4.85. The number of aromatic nitrogens is 2. The van der Waals surface area contributed by atoms with E-state index in [1.165, 1.54) is 0 Å². The summed E-state index contributed by atoms with van der Waals surface area (Å²) in [6, 6.07) is 5.15. The molecule has 0 spiro atoms. The molecule has 0 atom stereocenters. The highest BCUT2D eigenvalue weighted by Crippen LogP contribution is 2.30. The highest BCUT2D eigenvalue weighted by Gasteiger charge is 2.15. The average Bonchev–Trinajstić information content (AvgIpc) is 2.37. The molecule has 0 fully saturated rings. The number of halogens is 2. The minimum Gasteiger partial charge on any atom is -0.371 e. The van der Waals surface area contributed by atoms with Crippen molar-refractivity contribution in [2.45, 2.75) is 13.8 Å². The molecule has 0 aliphatic carbocycles. The van der Waals surface area contributed by atoms with Crippen LogP contribution in [-0.2, 0) is 0 Å². The van der Waals surface area contributed by atoms with E-state index >= 15 is 0 Å². The zero-order valence-electron chi connectivity index (χ0n) is 10.4. The van der Waals surface area contributed by atoms with E-state index in [-0.39, 0.29) is 5.82 Å². The second kappa shape index (κ2) is 5.02. The lowest BCUT2D eigenvalue weighted by molar-refractivity contribution is 0.623. The van der Waals surface area contributed by atoms with Gasteiger partial charge < -0.3 is 5.32 Å². The lowest BCUT2D eigenvalue weighted by Gasteiger charge is -2.11. The molecule has 2 aromatic rings. The number of hydrogen-bond acceptors (Lipinski definition) is 3. The second-order valence-electron chi connectivity index (χ2n) is 4.00. The smallest absolute Gasteiger partial charge is 0.151 e. The molecule has 1 heterocycles. The molecular weight excluding hydrogens is 297 g/mol. The van der Waals surface area contributed by atoms with E-state index in [2.05, 4.69) is 31.4 Å². The third-order valence-corrected chi connectivity index (χ3v) is 3.58. The molecule has 18 heavy (non-hydrogen) atoms. The van der Waals surface area contributed by atoms with Gasteiger partial charge in [-0.25, -0.2) is 4.39 Å². The van der Waals surface area contributed by atoms with Gasteiger partial charge in [0, 0.05) is 12.6 Å². The Kier molecular flexibility index (Phi) is 3.61. The first kappa shape index (κ1) is 13.0. The number of nitrogens with one attached hydrogen (secondary N) is 1. The molecule has 0 unspecified atom stereocenters. The van der Waals surface area contributed by atoms with Crippen LogP contribution in [0.25, 0.3) is 11.3 Å². The molecule has 0 bridgehead atoms. The fourth-order valence-electron chi connectivity index (χ4n) is 1.79. The quantitative estimate of drug-likeness (QED) is 0.919. The normalized spacial score (nSPS) is 10.5. The summed E-state index contributed by atoms with van der Waals surface area (Å²) in [6.07, 6.45) is 0. The Morgan fingerprint density at radius 1 is 1.17 bits per heavy atom. The molecule has 94 valence electrons. The molecule has 0 aliphatic rings. The number of benzene rings is 1. The maximum Gasteiger partial charge on any atom is 0.151 e. The van der Waals surface area contributed by atoms with E-state index in [9.17, 15) is 4.39 Å². The fraction of sp³-hybridized carbons (Fsp3) is 0.231. The van der Waals surface area contributed by atoms with Gasteiger partial charge in [0.1, 0.15) is 5.82 Å². The fourth-order valence-corrected chi connectivity index (χ4v) is 2.15. The molecule has 2 rings (SSSR count). The summed E-state index contributed by atoms with van der Waals surface area (Å²) in [6.45, 7) is 3.86. The molecule has 1 N–H and O–H groups in total. The molecule has 1 aromatic heterocycles. The van der Waals surface area contributed by atoms with E-state index in [4.69, 9.17) is 0 Å². The van der Waals surface area contributed by atoms with Crippen LogP contribution in [0.3, 0.4) is 0 Å². The Hall–Kier alpha value is -1.49. The van der Waals surface area contributed by atoms with Gasteiger partial charge in [0.05, 0.1) is 10.2 Å². The van der Waals surface area contributed by atoms with Crippen molar-refractivity contribution in [3.05, 3.63) is 39.6 Å². The number of hydrogen-bond donors (Lipinski definition) is 1. The Balaban J connectivity index is 2.65. The lowest BCUT2D eigenvalue weighted by atomic mass is 10.0. The monoisotopic (exact) mass is 309 g/mol. The molecule has 5 heteroatoms. The van der Waals surface area contributed by atoms with Crippen molar-refractivity contribution < 1.29 is 4.39 Å². The Morgan fingerprint density at radius 2 is 1.89 bits per heavy atom. The van der Waals surface area contributed by atoms with E-state index in [1.807, 2.05) is 13.8 Å². The summed E-state index contributed by atoms with van der Waals surface area (Å²) in [5, 5.41) is 11.1. The Morgan fingerprint density at radius 3 is 2.56 bits per heavy atom.